The highest BCUT2D eigenvalue weighted by molar-refractivity contribution is 5.75. The van der Waals surface area contributed by atoms with Crippen LogP contribution in [0.4, 0.5) is 0 Å². The van der Waals surface area contributed by atoms with Crippen LogP contribution in [0.15, 0.2) is 50.6 Å². The van der Waals surface area contributed by atoms with Crippen LogP contribution in [0.3, 0.4) is 0 Å². The van der Waals surface area contributed by atoms with E-state index in [0.717, 1.165) is 5.56 Å². The van der Waals surface area contributed by atoms with E-state index in [2.05, 4.69) is 58.4 Å². The lowest BCUT2D eigenvalue weighted by Crippen LogP contribution is -1.94. The summed E-state index contributed by atoms with van der Waals surface area (Å²) in [6, 6.07) is 2.16. The minimum Gasteiger partial charge on any atom is -0.0991 e. The lowest BCUT2D eigenvalue weighted by Gasteiger charge is -2.12. The molecule has 0 N–H and O–H groups in total. The first-order valence-corrected chi connectivity index (χ1v) is 8.32. The van der Waals surface area contributed by atoms with Crippen molar-refractivity contribution < 1.29 is 0 Å². The zero-order valence-electron chi connectivity index (χ0n) is 16.4. The number of aryl methyl sites for hydroxylation is 1. The maximum absolute atomic E-state index is 3.87. The molecule has 128 valence electrons. The molecule has 0 spiro atoms. The van der Waals surface area contributed by atoms with E-state index in [1.807, 2.05) is 46.8 Å². The smallest absolute Gasteiger partial charge is 0.0115 e. The van der Waals surface area contributed by atoms with E-state index in [-0.39, 0.29) is 0 Å². The van der Waals surface area contributed by atoms with Gasteiger partial charge in [-0.25, -0.2) is 0 Å². The van der Waals surface area contributed by atoms with E-state index in [1.165, 1.54) is 22.3 Å². The third-order valence-corrected chi connectivity index (χ3v) is 2.89. The third kappa shape index (κ3) is 9.52. The van der Waals surface area contributed by atoms with Gasteiger partial charge in [0.25, 0.3) is 0 Å². The highest BCUT2D eigenvalue weighted by atomic mass is 14.1. The maximum Gasteiger partial charge on any atom is -0.0115 e. The summed E-state index contributed by atoms with van der Waals surface area (Å²) in [6.07, 6.45) is 11.3. The van der Waals surface area contributed by atoms with E-state index in [0.29, 0.717) is 0 Å². The van der Waals surface area contributed by atoms with Crippen molar-refractivity contribution in [3.05, 3.63) is 78.4 Å². The van der Waals surface area contributed by atoms with E-state index in [4.69, 9.17) is 0 Å². The molecule has 0 aliphatic rings. The van der Waals surface area contributed by atoms with Crippen molar-refractivity contribution in [3.8, 4) is 0 Å². The average molecular weight is 313 g/mol. The van der Waals surface area contributed by atoms with Crippen molar-refractivity contribution in [1.82, 2.24) is 0 Å². The van der Waals surface area contributed by atoms with Gasteiger partial charge in [0, 0.05) is 0 Å². The van der Waals surface area contributed by atoms with Gasteiger partial charge in [0.15, 0.2) is 0 Å². The third-order valence-electron chi connectivity index (χ3n) is 2.89. The second-order valence-corrected chi connectivity index (χ2v) is 4.11. The molecule has 0 amide bonds. The first kappa shape index (κ1) is 25.9. The number of benzene rings is 1. The summed E-state index contributed by atoms with van der Waals surface area (Å²) in [7, 11) is 0. The zero-order chi connectivity index (χ0) is 18.8. The Morgan fingerprint density at radius 1 is 0.783 bits per heavy atom. The number of hydrogen-bond acceptors (Lipinski definition) is 0. The van der Waals surface area contributed by atoms with Gasteiger partial charge in [-0.2, -0.15) is 0 Å². The van der Waals surface area contributed by atoms with Gasteiger partial charge in [0.2, 0.25) is 0 Å². The van der Waals surface area contributed by atoms with Crippen molar-refractivity contribution in [2.24, 2.45) is 0 Å². The van der Waals surface area contributed by atoms with Crippen LogP contribution in [-0.2, 0) is 0 Å². The van der Waals surface area contributed by atoms with Gasteiger partial charge in [0.05, 0.1) is 0 Å². The summed E-state index contributed by atoms with van der Waals surface area (Å²) >= 11 is 0. The van der Waals surface area contributed by atoms with Crippen molar-refractivity contribution in [1.29, 1.82) is 0 Å². The van der Waals surface area contributed by atoms with Crippen LogP contribution >= 0.6 is 0 Å². The van der Waals surface area contributed by atoms with Gasteiger partial charge in [0.1, 0.15) is 0 Å². The molecule has 0 aliphatic carbocycles. The van der Waals surface area contributed by atoms with Crippen LogP contribution in [-0.4, -0.2) is 0 Å². The molecule has 0 bridgehead atoms. The minimum atomic E-state index is 1.15. The van der Waals surface area contributed by atoms with Crippen LogP contribution in [0.5, 0.6) is 0 Å². The van der Waals surface area contributed by atoms with Gasteiger partial charge in [-0.1, -0.05) is 96.5 Å². The Morgan fingerprint density at radius 3 is 1.57 bits per heavy atom. The van der Waals surface area contributed by atoms with E-state index in [9.17, 15) is 0 Å². The largest absolute Gasteiger partial charge is 0.0991 e. The summed E-state index contributed by atoms with van der Waals surface area (Å²) in [5, 5.41) is 0. The van der Waals surface area contributed by atoms with Crippen LogP contribution in [0.25, 0.3) is 18.2 Å². The van der Waals surface area contributed by atoms with Gasteiger partial charge < -0.3 is 0 Å². The normalized spacial score (nSPS) is 8.30. The number of hydrogen-bond donors (Lipinski definition) is 0. The molecular formula is C23H36. The van der Waals surface area contributed by atoms with Gasteiger partial charge in [-0.3, -0.25) is 0 Å². The molecule has 0 heteroatoms. The summed E-state index contributed by atoms with van der Waals surface area (Å²) < 4.78 is 0. The van der Waals surface area contributed by atoms with Crippen LogP contribution < -0.4 is 0 Å². The lowest BCUT2D eigenvalue weighted by atomic mass is 9.92. The van der Waals surface area contributed by atoms with E-state index >= 15 is 0 Å². The van der Waals surface area contributed by atoms with Crippen molar-refractivity contribution in [3.63, 3.8) is 0 Å². The molecule has 0 fully saturated rings. The zero-order valence-corrected chi connectivity index (χ0v) is 16.4. The Kier molecular flexibility index (Phi) is 20.2. The van der Waals surface area contributed by atoms with E-state index < -0.39 is 0 Å². The highest BCUT2D eigenvalue weighted by Gasteiger charge is 2.07. The topological polar surface area (TPSA) is 0 Å². The Labute approximate surface area is 145 Å². The molecule has 0 radical (unpaired) electrons. The maximum atomic E-state index is 3.87. The quantitative estimate of drug-likeness (QED) is 0.493. The second-order valence-electron chi connectivity index (χ2n) is 4.11. The SMILES string of the molecule is C=CC=C.C=Cc1cc(C)c(C)c(/C=C\C)c1C=C.CC.CC. The number of allylic oxidation sites excluding steroid dienone is 3. The first-order chi connectivity index (χ1) is 11.1. The summed E-state index contributed by atoms with van der Waals surface area (Å²) in [5.41, 5.74) is 6.19. The average Bonchev–Trinajstić information content (AvgIpc) is 2.62. The van der Waals surface area contributed by atoms with E-state index in [1.54, 1.807) is 12.2 Å². The molecule has 0 atom stereocenters. The fraction of sp³-hybridized carbons (Fsp3) is 0.304. The van der Waals surface area contributed by atoms with Crippen LogP contribution in [0, 0.1) is 13.8 Å². The summed E-state index contributed by atoms with van der Waals surface area (Å²) in [6.45, 7) is 28.7. The number of rotatable bonds is 4. The molecule has 1 rings (SSSR count). The molecule has 0 nitrogen and oxygen atoms in total. The van der Waals surface area contributed by atoms with Crippen molar-refractivity contribution in [2.75, 3.05) is 0 Å². The monoisotopic (exact) mass is 312 g/mol. The second kappa shape index (κ2) is 18.0. The fourth-order valence-electron chi connectivity index (χ4n) is 1.77. The summed E-state index contributed by atoms with van der Waals surface area (Å²) in [5.74, 6) is 0. The Balaban J connectivity index is -0.000000426. The predicted molar refractivity (Wildman–Crippen MR) is 114 cm³/mol. The fourth-order valence-corrected chi connectivity index (χ4v) is 1.77. The van der Waals surface area contributed by atoms with Crippen LogP contribution in [0.2, 0.25) is 0 Å². The highest BCUT2D eigenvalue weighted by Crippen LogP contribution is 2.25. The first-order valence-electron chi connectivity index (χ1n) is 8.32. The van der Waals surface area contributed by atoms with Gasteiger partial charge >= 0.3 is 0 Å². The molecule has 1 aromatic rings. The molecule has 0 saturated heterocycles. The molecule has 0 saturated carbocycles. The Morgan fingerprint density at radius 2 is 1.26 bits per heavy atom. The molecule has 0 unspecified atom stereocenters. The van der Waals surface area contributed by atoms with Crippen molar-refractivity contribution >= 4 is 18.2 Å². The standard InChI is InChI=1S/C15H18.C4H6.2C2H6/c1-6-9-15-12(5)11(4)10-13(7-2)14(15)8-3;1-3-4-2;2*1-2/h6-10H,2-3H2,1,4-5H3;3-4H,1-2H2;2*1-2H3/b9-6-;;;. The van der Waals surface area contributed by atoms with Gasteiger partial charge in [-0.15, -0.1) is 0 Å². The molecular weight excluding hydrogens is 276 g/mol. The minimum absolute atomic E-state index is 1.15. The lowest BCUT2D eigenvalue weighted by molar-refractivity contribution is 1.31. The molecule has 23 heavy (non-hydrogen) atoms. The van der Waals surface area contributed by atoms with Crippen LogP contribution in [0.1, 0.15) is 62.4 Å². The Hall–Kier alpha value is -2.08. The molecule has 0 aromatic heterocycles. The Bertz CT molecular complexity index is 493. The molecule has 0 heterocycles. The predicted octanol–water partition coefficient (Wildman–Crippen LogP) is 8.03. The van der Waals surface area contributed by atoms with Gasteiger partial charge in [-0.05, 0) is 48.6 Å². The van der Waals surface area contributed by atoms with Crippen molar-refractivity contribution in [2.45, 2.75) is 48.5 Å². The molecule has 0 aliphatic heterocycles. The summed E-state index contributed by atoms with van der Waals surface area (Å²) in [4.78, 5) is 0. The molecule has 1 aromatic carbocycles.